The van der Waals surface area contributed by atoms with Gasteiger partial charge in [0.15, 0.2) is 0 Å². The van der Waals surface area contributed by atoms with E-state index in [0.29, 0.717) is 0 Å². The summed E-state index contributed by atoms with van der Waals surface area (Å²) in [7, 11) is 0.215. The molecule has 0 aromatic carbocycles. The normalized spacial score (nSPS) is 12.3. The zero-order valence-corrected chi connectivity index (χ0v) is 6.51. The van der Waals surface area contributed by atoms with Crippen molar-refractivity contribution >= 4 is 16.4 Å². The number of hydrogen-bond donors (Lipinski definition) is 0. The van der Waals surface area contributed by atoms with Gasteiger partial charge in [0.25, 0.3) is 10.0 Å². The number of nitrogens with zero attached hydrogens (tertiary/aromatic N) is 2. The van der Waals surface area contributed by atoms with Crippen LogP contribution in [0.2, 0.25) is 0 Å². The summed E-state index contributed by atoms with van der Waals surface area (Å²) in [6.07, 6.45) is 2.29. The number of rotatable bonds is 2. The van der Waals surface area contributed by atoms with Crippen LogP contribution in [0.15, 0.2) is 4.40 Å². The third-order valence-corrected chi connectivity index (χ3v) is 0.947. The molecule has 0 atom stereocenters. The van der Waals surface area contributed by atoms with E-state index in [0.717, 1.165) is 6.26 Å². The van der Waals surface area contributed by atoms with Gasteiger partial charge in [-0.25, -0.2) is 8.42 Å². The lowest BCUT2D eigenvalue weighted by Gasteiger charge is -1.99. The Balaban J connectivity index is 4.03. The average molecular weight is 150 g/mol. The highest BCUT2D eigenvalue weighted by molar-refractivity contribution is 7.89. The van der Waals surface area contributed by atoms with Gasteiger partial charge >= 0.3 is 0 Å². The molecule has 0 aliphatic rings. The average Bonchev–Trinajstić information content (AvgIpc) is 1.59. The van der Waals surface area contributed by atoms with Gasteiger partial charge in [0.2, 0.25) is 0 Å². The van der Waals surface area contributed by atoms with Crippen LogP contribution in [0, 0.1) is 0 Å². The second kappa shape index (κ2) is 2.82. The third kappa shape index (κ3) is 7.42. The molecule has 0 amide bonds. The van der Waals surface area contributed by atoms with Crippen LogP contribution < -0.4 is 0 Å². The molecule has 0 fully saturated rings. The SMILES string of the molecule is CN(C)/C=N/S(C)(=O)=O. The Bertz CT molecular complexity index is 193. The van der Waals surface area contributed by atoms with Crippen LogP contribution in [-0.4, -0.2) is 40.0 Å². The van der Waals surface area contributed by atoms with Crippen LogP contribution in [0.5, 0.6) is 0 Å². The smallest absolute Gasteiger partial charge is 0.251 e. The van der Waals surface area contributed by atoms with Crippen molar-refractivity contribution in [3.63, 3.8) is 0 Å². The standard InChI is InChI=1S/C4H10N2O2S/c1-6(2)4-5-9(3,7)8/h4H,1-3H3/b5-4+. The Labute approximate surface area is 55.3 Å². The molecule has 0 rings (SSSR count). The lowest BCUT2D eigenvalue weighted by molar-refractivity contribution is 0.600. The van der Waals surface area contributed by atoms with Crippen molar-refractivity contribution < 1.29 is 8.42 Å². The van der Waals surface area contributed by atoms with E-state index in [1.165, 1.54) is 6.34 Å². The number of sulfonamides is 1. The van der Waals surface area contributed by atoms with Crippen LogP contribution in [0.1, 0.15) is 0 Å². The fourth-order valence-corrected chi connectivity index (χ4v) is 0.540. The van der Waals surface area contributed by atoms with E-state index < -0.39 is 10.0 Å². The summed E-state index contributed by atoms with van der Waals surface area (Å²) < 4.78 is 23.9. The molecule has 0 aromatic heterocycles. The maximum atomic E-state index is 10.3. The third-order valence-electron chi connectivity index (χ3n) is 0.470. The molecule has 0 bridgehead atoms. The zero-order chi connectivity index (χ0) is 7.49. The fraction of sp³-hybridized carbons (Fsp3) is 0.750. The summed E-state index contributed by atoms with van der Waals surface area (Å²) in [5.74, 6) is 0. The van der Waals surface area contributed by atoms with Gasteiger partial charge in [-0.2, -0.15) is 4.40 Å². The quantitative estimate of drug-likeness (QED) is 0.395. The first kappa shape index (κ1) is 8.42. The molecule has 0 aromatic rings. The van der Waals surface area contributed by atoms with E-state index in [9.17, 15) is 8.42 Å². The van der Waals surface area contributed by atoms with Crippen molar-refractivity contribution in [2.45, 2.75) is 0 Å². The van der Waals surface area contributed by atoms with Gasteiger partial charge in [-0.1, -0.05) is 0 Å². The summed E-state index contributed by atoms with van der Waals surface area (Å²) >= 11 is 0. The van der Waals surface area contributed by atoms with E-state index in [2.05, 4.69) is 4.40 Å². The van der Waals surface area contributed by atoms with Gasteiger partial charge < -0.3 is 4.90 Å². The molecule has 54 valence electrons. The molecule has 9 heavy (non-hydrogen) atoms. The first-order valence-electron chi connectivity index (χ1n) is 2.33. The van der Waals surface area contributed by atoms with Crippen LogP contribution >= 0.6 is 0 Å². The Morgan fingerprint density at radius 2 is 1.89 bits per heavy atom. The van der Waals surface area contributed by atoms with Crippen molar-refractivity contribution in [3.05, 3.63) is 0 Å². The summed E-state index contributed by atoms with van der Waals surface area (Å²) in [5, 5.41) is 0. The minimum absolute atomic E-state index is 1.05. The molecule has 0 aliphatic heterocycles. The first-order valence-corrected chi connectivity index (χ1v) is 4.18. The topological polar surface area (TPSA) is 49.7 Å². The minimum atomic E-state index is -3.19. The lowest BCUT2D eigenvalue weighted by atomic mass is 11.0. The van der Waals surface area contributed by atoms with Gasteiger partial charge in [0.05, 0.1) is 6.26 Å². The molecule has 0 saturated carbocycles. The highest BCUT2D eigenvalue weighted by Gasteiger charge is 1.91. The Kier molecular flexibility index (Phi) is 2.64. The zero-order valence-electron chi connectivity index (χ0n) is 5.70. The second-order valence-corrected chi connectivity index (χ2v) is 3.59. The van der Waals surface area contributed by atoms with Crippen LogP contribution in [0.3, 0.4) is 0 Å². The van der Waals surface area contributed by atoms with E-state index in [1.807, 2.05) is 0 Å². The predicted molar refractivity (Wildman–Crippen MR) is 37.0 cm³/mol. The van der Waals surface area contributed by atoms with Crippen LogP contribution in [0.4, 0.5) is 0 Å². The van der Waals surface area contributed by atoms with Crippen LogP contribution in [0.25, 0.3) is 0 Å². The monoisotopic (exact) mass is 150 g/mol. The van der Waals surface area contributed by atoms with E-state index >= 15 is 0 Å². The predicted octanol–water partition coefficient (Wildman–Crippen LogP) is -0.464. The molecule has 0 heterocycles. The van der Waals surface area contributed by atoms with Crippen LogP contribution in [-0.2, 0) is 10.0 Å². The van der Waals surface area contributed by atoms with Crippen molar-refractivity contribution in [1.29, 1.82) is 0 Å². The minimum Gasteiger partial charge on any atom is -0.368 e. The fourth-order valence-electron chi connectivity index (χ4n) is 0.180. The second-order valence-electron chi connectivity index (χ2n) is 1.92. The maximum Gasteiger partial charge on any atom is 0.251 e. The van der Waals surface area contributed by atoms with E-state index in [-0.39, 0.29) is 0 Å². The lowest BCUT2D eigenvalue weighted by Crippen LogP contribution is -2.09. The molecule has 0 N–H and O–H groups in total. The Hall–Kier alpha value is -0.580. The summed E-state index contributed by atoms with van der Waals surface area (Å²) in [6, 6.07) is 0. The van der Waals surface area contributed by atoms with E-state index in [1.54, 1.807) is 19.0 Å². The summed E-state index contributed by atoms with van der Waals surface area (Å²) in [5.41, 5.74) is 0. The maximum absolute atomic E-state index is 10.3. The molecule has 5 heteroatoms. The Morgan fingerprint density at radius 3 is 2.00 bits per heavy atom. The van der Waals surface area contributed by atoms with Crippen molar-refractivity contribution in [2.24, 2.45) is 4.40 Å². The van der Waals surface area contributed by atoms with Gasteiger partial charge in [-0.3, -0.25) is 0 Å². The van der Waals surface area contributed by atoms with Crippen molar-refractivity contribution in [2.75, 3.05) is 20.4 Å². The molecule has 0 spiro atoms. The van der Waals surface area contributed by atoms with Gasteiger partial charge in [0, 0.05) is 14.1 Å². The van der Waals surface area contributed by atoms with Gasteiger partial charge in [0.1, 0.15) is 6.34 Å². The van der Waals surface area contributed by atoms with Crippen molar-refractivity contribution in [1.82, 2.24) is 4.90 Å². The molecular weight excluding hydrogens is 140 g/mol. The van der Waals surface area contributed by atoms with Gasteiger partial charge in [-0.15, -0.1) is 0 Å². The largest absolute Gasteiger partial charge is 0.368 e. The van der Waals surface area contributed by atoms with E-state index in [4.69, 9.17) is 0 Å². The van der Waals surface area contributed by atoms with Crippen molar-refractivity contribution in [3.8, 4) is 0 Å². The molecule has 4 nitrogen and oxygen atoms in total. The summed E-state index contributed by atoms with van der Waals surface area (Å²) in [4.78, 5) is 1.56. The molecule has 0 aliphatic carbocycles. The van der Waals surface area contributed by atoms with Gasteiger partial charge in [-0.05, 0) is 0 Å². The molecule has 0 unspecified atom stereocenters. The molecule has 0 radical (unpaired) electrons. The molecule has 0 saturated heterocycles. The highest BCUT2D eigenvalue weighted by atomic mass is 32.2. The number of hydrogen-bond acceptors (Lipinski definition) is 2. The molecular formula is C4H10N2O2S. The highest BCUT2D eigenvalue weighted by Crippen LogP contribution is 1.80. The Morgan fingerprint density at radius 1 is 1.44 bits per heavy atom. The summed E-state index contributed by atoms with van der Waals surface area (Å²) in [6.45, 7) is 0. The first-order chi connectivity index (χ1) is 3.92.